The molecular weight excluding hydrogens is 454 g/mol. The van der Waals surface area contributed by atoms with Crippen LogP contribution in [0.5, 0.6) is 0 Å². The summed E-state index contributed by atoms with van der Waals surface area (Å²) in [6.45, 7) is 11.6. The molecule has 4 fully saturated rings. The summed E-state index contributed by atoms with van der Waals surface area (Å²) in [7, 11) is 0. The van der Waals surface area contributed by atoms with E-state index in [0.717, 1.165) is 13.1 Å². The minimum absolute atomic E-state index is 0.265. The van der Waals surface area contributed by atoms with Gasteiger partial charge in [0.1, 0.15) is 17.6 Å². The molecule has 0 radical (unpaired) electrons. The summed E-state index contributed by atoms with van der Waals surface area (Å²) in [5.41, 5.74) is -2.15. The van der Waals surface area contributed by atoms with Gasteiger partial charge in [0.15, 0.2) is 0 Å². The van der Waals surface area contributed by atoms with Crippen molar-refractivity contribution < 1.29 is 34.1 Å². The Balaban J connectivity index is 1.70. The fourth-order valence-electron chi connectivity index (χ4n) is 6.82. The molecule has 4 aliphatic heterocycles. The molecule has 196 valence electrons. The van der Waals surface area contributed by atoms with Crippen molar-refractivity contribution in [1.82, 2.24) is 14.7 Å². The van der Waals surface area contributed by atoms with E-state index in [1.54, 1.807) is 11.0 Å². The quantitative estimate of drug-likeness (QED) is 0.396. The van der Waals surface area contributed by atoms with Crippen LogP contribution < -0.4 is 0 Å². The zero-order chi connectivity index (χ0) is 25.4. The number of rotatable bonds is 11. The standard InChI is InChI=1S/C25H39N3O7/c1-4-9-27(11-10-26-12-14-34-15-13-26)22(31)20-25-8-7-24(6-3,35-25)19(23(32)33)18(25)21(30)28(20)17(5-2)16-29/h4,17-20,29H,1,5-16H2,2-3H3,(H,32,33)/t17-,18-,19-,20?,24+,25?/m0/s1. The van der Waals surface area contributed by atoms with Gasteiger partial charge in [0.05, 0.1) is 37.4 Å². The number of morpholine rings is 1. The number of hydrogen-bond donors (Lipinski definition) is 2. The van der Waals surface area contributed by atoms with Gasteiger partial charge in [-0.15, -0.1) is 6.58 Å². The minimum Gasteiger partial charge on any atom is -0.481 e. The molecule has 35 heavy (non-hydrogen) atoms. The molecule has 0 aromatic rings. The number of ether oxygens (including phenoxy) is 2. The molecule has 2 unspecified atom stereocenters. The first kappa shape index (κ1) is 26.1. The number of carboxylic acids is 1. The molecule has 4 heterocycles. The van der Waals surface area contributed by atoms with Gasteiger partial charge in [0, 0.05) is 32.7 Å². The van der Waals surface area contributed by atoms with Crippen LogP contribution in [0.4, 0.5) is 0 Å². The van der Waals surface area contributed by atoms with E-state index in [9.17, 15) is 24.6 Å². The highest BCUT2D eigenvalue weighted by Crippen LogP contribution is 2.64. The summed E-state index contributed by atoms with van der Waals surface area (Å²) in [6, 6.07) is -1.56. The monoisotopic (exact) mass is 493 g/mol. The lowest BCUT2D eigenvalue weighted by Gasteiger charge is -2.40. The minimum atomic E-state index is -1.20. The van der Waals surface area contributed by atoms with Gasteiger partial charge in [-0.2, -0.15) is 0 Å². The average Bonchev–Trinajstić information content (AvgIpc) is 3.47. The van der Waals surface area contributed by atoms with Crippen LogP contribution in [-0.4, -0.2) is 119 Å². The van der Waals surface area contributed by atoms with Gasteiger partial charge in [-0.05, 0) is 25.7 Å². The van der Waals surface area contributed by atoms with Crippen LogP contribution in [0.2, 0.25) is 0 Å². The topological polar surface area (TPSA) is 120 Å². The van der Waals surface area contributed by atoms with E-state index in [1.807, 2.05) is 13.8 Å². The first-order valence-electron chi connectivity index (χ1n) is 12.9. The summed E-state index contributed by atoms with van der Waals surface area (Å²) in [5.74, 6) is -3.66. The number of amides is 2. The number of aliphatic hydroxyl groups is 1. The number of hydrogen-bond acceptors (Lipinski definition) is 7. The maximum absolute atomic E-state index is 14.2. The van der Waals surface area contributed by atoms with Crippen molar-refractivity contribution in [3.05, 3.63) is 12.7 Å². The van der Waals surface area contributed by atoms with Gasteiger partial charge < -0.3 is 29.5 Å². The second kappa shape index (κ2) is 10.2. The molecule has 10 heteroatoms. The lowest BCUT2D eigenvalue weighted by molar-refractivity contribution is -0.160. The van der Waals surface area contributed by atoms with Gasteiger partial charge in [0.2, 0.25) is 11.8 Å². The third-order valence-electron chi connectivity index (χ3n) is 8.65. The Bertz CT molecular complexity index is 843. The van der Waals surface area contributed by atoms with Crippen LogP contribution in [0.25, 0.3) is 0 Å². The van der Waals surface area contributed by atoms with E-state index < -0.39 is 47.0 Å². The zero-order valence-electron chi connectivity index (χ0n) is 20.9. The molecule has 2 amide bonds. The molecule has 2 bridgehead atoms. The fraction of sp³-hybridized carbons (Fsp3) is 0.800. The SMILES string of the molecule is C=CCN(CCN1CCOCC1)C(=O)C1N([C@@H](CC)CO)C(=O)[C@@H]2[C@@H](C(=O)O)[C@@]3(CC)CCC12O3. The van der Waals surface area contributed by atoms with Crippen LogP contribution in [0.3, 0.4) is 0 Å². The van der Waals surface area contributed by atoms with Crippen molar-refractivity contribution in [3.63, 3.8) is 0 Å². The molecule has 4 saturated heterocycles. The largest absolute Gasteiger partial charge is 0.481 e. The summed E-state index contributed by atoms with van der Waals surface area (Å²) >= 11 is 0. The lowest BCUT2D eigenvalue weighted by atomic mass is 9.65. The highest BCUT2D eigenvalue weighted by Gasteiger charge is 2.79. The van der Waals surface area contributed by atoms with E-state index in [0.29, 0.717) is 58.5 Å². The van der Waals surface area contributed by atoms with Crippen molar-refractivity contribution in [1.29, 1.82) is 0 Å². The number of nitrogens with zero attached hydrogens (tertiary/aromatic N) is 3. The molecule has 0 aliphatic carbocycles. The van der Waals surface area contributed by atoms with Crippen molar-refractivity contribution in [2.45, 2.75) is 62.8 Å². The number of likely N-dealkylation sites (tertiary alicyclic amines) is 1. The number of carbonyl (C=O) groups excluding carboxylic acids is 2. The first-order chi connectivity index (χ1) is 16.8. The van der Waals surface area contributed by atoms with E-state index in [-0.39, 0.29) is 12.5 Å². The molecule has 1 spiro atoms. The number of carbonyl (C=O) groups is 3. The molecule has 6 atom stereocenters. The molecule has 0 saturated carbocycles. The summed E-state index contributed by atoms with van der Waals surface area (Å²) in [4.78, 5) is 45.9. The van der Waals surface area contributed by atoms with E-state index in [4.69, 9.17) is 9.47 Å². The maximum atomic E-state index is 14.2. The van der Waals surface area contributed by atoms with Crippen molar-refractivity contribution >= 4 is 17.8 Å². The predicted molar refractivity (Wildman–Crippen MR) is 127 cm³/mol. The van der Waals surface area contributed by atoms with Gasteiger partial charge >= 0.3 is 5.97 Å². The molecule has 2 N–H and O–H groups in total. The second-order valence-corrected chi connectivity index (χ2v) is 10.2. The Morgan fingerprint density at radius 3 is 2.57 bits per heavy atom. The van der Waals surface area contributed by atoms with Gasteiger partial charge in [-0.3, -0.25) is 19.3 Å². The molecule has 4 rings (SSSR count). The van der Waals surface area contributed by atoms with Crippen LogP contribution in [-0.2, 0) is 23.9 Å². The molecule has 10 nitrogen and oxygen atoms in total. The van der Waals surface area contributed by atoms with Crippen LogP contribution in [0, 0.1) is 11.8 Å². The molecule has 4 aliphatic rings. The Hall–Kier alpha value is -2.01. The smallest absolute Gasteiger partial charge is 0.310 e. The summed E-state index contributed by atoms with van der Waals surface area (Å²) < 4.78 is 12.0. The van der Waals surface area contributed by atoms with E-state index >= 15 is 0 Å². The molecule has 0 aromatic heterocycles. The Morgan fingerprint density at radius 2 is 2.00 bits per heavy atom. The van der Waals surface area contributed by atoms with E-state index in [1.165, 1.54) is 4.90 Å². The highest BCUT2D eigenvalue weighted by atomic mass is 16.5. The predicted octanol–water partition coefficient (Wildman–Crippen LogP) is 0.344. The van der Waals surface area contributed by atoms with Crippen molar-refractivity contribution in [2.75, 3.05) is 52.5 Å². The first-order valence-corrected chi connectivity index (χ1v) is 12.9. The Labute approximate surface area is 206 Å². The summed E-state index contributed by atoms with van der Waals surface area (Å²) in [5, 5.41) is 20.3. The third kappa shape index (κ3) is 4.08. The Kier molecular flexibility index (Phi) is 7.57. The van der Waals surface area contributed by atoms with Crippen LogP contribution >= 0.6 is 0 Å². The normalized spacial score (nSPS) is 35.2. The fourth-order valence-corrected chi connectivity index (χ4v) is 6.82. The zero-order valence-corrected chi connectivity index (χ0v) is 20.9. The number of carboxylic acid groups (broad SMARTS) is 1. The highest BCUT2D eigenvalue weighted by molar-refractivity contribution is 5.98. The van der Waals surface area contributed by atoms with Gasteiger partial charge in [-0.1, -0.05) is 19.9 Å². The maximum Gasteiger partial charge on any atom is 0.310 e. The van der Waals surface area contributed by atoms with Crippen molar-refractivity contribution in [3.8, 4) is 0 Å². The third-order valence-corrected chi connectivity index (χ3v) is 8.65. The summed E-state index contributed by atoms with van der Waals surface area (Å²) in [6.07, 6.45) is 3.51. The van der Waals surface area contributed by atoms with Crippen molar-refractivity contribution in [2.24, 2.45) is 11.8 Å². The van der Waals surface area contributed by atoms with Crippen LogP contribution in [0.1, 0.15) is 39.5 Å². The molecular formula is C25H39N3O7. The van der Waals surface area contributed by atoms with Gasteiger partial charge in [0.25, 0.3) is 0 Å². The number of aliphatic carboxylic acids is 1. The van der Waals surface area contributed by atoms with E-state index in [2.05, 4.69) is 11.5 Å². The average molecular weight is 494 g/mol. The second-order valence-electron chi connectivity index (χ2n) is 10.2. The number of aliphatic hydroxyl groups excluding tert-OH is 1. The molecule has 0 aromatic carbocycles. The van der Waals surface area contributed by atoms with Crippen LogP contribution in [0.15, 0.2) is 12.7 Å². The van der Waals surface area contributed by atoms with Gasteiger partial charge in [-0.25, -0.2) is 0 Å². The lowest BCUT2D eigenvalue weighted by Crippen LogP contribution is -2.59. The Morgan fingerprint density at radius 1 is 1.29 bits per heavy atom. The number of fused-ring (bicyclic) bond motifs is 1.